The zero-order valence-electron chi connectivity index (χ0n) is 9.45. The van der Waals surface area contributed by atoms with Crippen molar-refractivity contribution in [1.82, 2.24) is 0 Å². The minimum Gasteiger partial charge on any atom is -0.466 e. The van der Waals surface area contributed by atoms with Gasteiger partial charge in [0.05, 0.1) is 12.4 Å². The van der Waals surface area contributed by atoms with Crippen LogP contribution >= 0.6 is 0 Å². The first-order valence-corrected chi connectivity index (χ1v) is 6.43. The highest BCUT2D eigenvalue weighted by Gasteiger charge is 2.16. The summed E-state index contributed by atoms with van der Waals surface area (Å²) in [5.74, 6) is -0.899. The molecule has 0 bridgehead atoms. The molecule has 0 N–H and O–H groups in total. The van der Waals surface area contributed by atoms with E-state index >= 15 is 0 Å². The summed E-state index contributed by atoms with van der Waals surface area (Å²) in [5, 5.41) is -0.00357. The highest BCUT2D eigenvalue weighted by atomic mass is 32.2. The van der Waals surface area contributed by atoms with Crippen molar-refractivity contribution >= 4 is 22.6 Å². The maximum atomic E-state index is 11.5. The molecular weight excluding hydrogens is 216 g/mol. The topological polar surface area (TPSA) is 60.4 Å². The first-order valence-electron chi connectivity index (χ1n) is 5.05. The van der Waals surface area contributed by atoms with Crippen molar-refractivity contribution in [3.05, 3.63) is 0 Å². The molecule has 0 aromatic carbocycles. The van der Waals surface area contributed by atoms with Gasteiger partial charge in [0.1, 0.15) is 6.42 Å². The molecule has 0 rings (SSSR count). The van der Waals surface area contributed by atoms with E-state index in [1.54, 1.807) is 6.92 Å². The Hall–Kier alpha value is -0.710. The van der Waals surface area contributed by atoms with Gasteiger partial charge in [-0.25, -0.2) is 0 Å². The smallest absolute Gasteiger partial charge is 0.313 e. The molecule has 0 heterocycles. The van der Waals surface area contributed by atoms with Crippen molar-refractivity contribution in [2.24, 2.45) is 0 Å². The maximum absolute atomic E-state index is 11.5. The second kappa shape index (κ2) is 7.56. The second-order valence-corrected chi connectivity index (χ2v) is 5.12. The number of esters is 1. The summed E-state index contributed by atoms with van der Waals surface area (Å²) >= 11 is 0. The van der Waals surface area contributed by atoms with Crippen molar-refractivity contribution < 1.29 is 18.5 Å². The maximum Gasteiger partial charge on any atom is 0.313 e. The van der Waals surface area contributed by atoms with E-state index in [9.17, 15) is 13.8 Å². The van der Waals surface area contributed by atoms with E-state index < -0.39 is 16.8 Å². The van der Waals surface area contributed by atoms with Crippen LogP contribution in [0.3, 0.4) is 0 Å². The molecule has 0 aromatic heterocycles. The molecule has 0 saturated carbocycles. The Morgan fingerprint density at radius 2 is 1.93 bits per heavy atom. The molecular formula is C10H18O4S. The molecule has 0 aliphatic heterocycles. The van der Waals surface area contributed by atoms with Crippen molar-refractivity contribution in [2.45, 2.75) is 38.9 Å². The highest BCUT2D eigenvalue weighted by Crippen LogP contribution is 2.02. The fraction of sp³-hybridized carbons (Fsp3) is 0.800. The average molecular weight is 234 g/mol. The molecule has 0 aliphatic rings. The highest BCUT2D eigenvalue weighted by molar-refractivity contribution is 7.86. The van der Waals surface area contributed by atoms with Crippen LogP contribution in [0.2, 0.25) is 0 Å². The second-order valence-electron chi connectivity index (χ2n) is 3.26. The van der Waals surface area contributed by atoms with Crippen LogP contribution in [0.1, 0.15) is 33.6 Å². The Morgan fingerprint density at radius 1 is 1.33 bits per heavy atom. The zero-order valence-corrected chi connectivity index (χ0v) is 10.3. The molecule has 0 aliphatic carbocycles. The molecule has 4 nitrogen and oxygen atoms in total. The lowest BCUT2D eigenvalue weighted by atomic mass is 10.3. The van der Waals surface area contributed by atoms with Gasteiger partial charge in [0.2, 0.25) is 0 Å². The van der Waals surface area contributed by atoms with Gasteiger partial charge in [-0.15, -0.1) is 0 Å². The first kappa shape index (κ1) is 14.3. The standard InChI is InChI=1S/C10H18O4S/c1-4-8(3)15(13)7-9(11)6-10(12)14-5-2/h8H,4-7H2,1-3H3. The molecule has 5 heteroatoms. The van der Waals surface area contributed by atoms with E-state index in [1.807, 2.05) is 13.8 Å². The Bertz CT molecular complexity index is 250. The predicted molar refractivity (Wildman–Crippen MR) is 59.0 cm³/mol. The number of carbonyl (C=O) groups is 2. The average Bonchev–Trinajstić information content (AvgIpc) is 2.16. The van der Waals surface area contributed by atoms with Gasteiger partial charge in [0.15, 0.2) is 5.78 Å². The minimum atomic E-state index is -1.17. The summed E-state index contributed by atoms with van der Waals surface area (Å²) in [6, 6.07) is 0. The van der Waals surface area contributed by atoms with Crippen molar-refractivity contribution in [2.75, 3.05) is 12.4 Å². The van der Waals surface area contributed by atoms with Gasteiger partial charge in [0, 0.05) is 16.0 Å². The van der Waals surface area contributed by atoms with E-state index in [0.29, 0.717) is 0 Å². The molecule has 0 fully saturated rings. The lowest BCUT2D eigenvalue weighted by Crippen LogP contribution is -2.21. The Balaban J connectivity index is 3.93. The van der Waals surface area contributed by atoms with E-state index in [2.05, 4.69) is 4.74 Å². The third kappa shape index (κ3) is 6.38. The molecule has 0 amide bonds. The summed E-state index contributed by atoms with van der Waals surface area (Å²) in [6.45, 7) is 5.69. The van der Waals surface area contributed by atoms with Crippen molar-refractivity contribution in [3.63, 3.8) is 0 Å². The van der Waals surface area contributed by atoms with Crippen LogP contribution in [-0.2, 0) is 25.1 Å². The van der Waals surface area contributed by atoms with Crippen LogP contribution in [0.15, 0.2) is 0 Å². The van der Waals surface area contributed by atoms with E-state index in [0.717, 1.165) is 6.42 Å². The minimum absolute atomic E-state index is 0.00357. The lowest BCUT2D eigenvalue weighted by molar-refractivity contribution is -0.145. The molecule has 2 unspecified atom stereocenters. The third-order valence-corrected chi connectivity index (χ3v) is 3.81. The fourth-order valence-electron chi connectivity index (χ4n) is 0.911. The summed E-state index contributed by atoms with van der Waals surface area (Å²) in [4.78, 5) is 22.2. The molecule has 0 saturated heterocycles. The van der Waals surface area contributed by atoms with Gasteiger partial charge in [-0.05, 0) is 13.3 Å². The SMILES string of the molecule is CCOC(=O)CC(=O)CS(=O)C(C)CC. The number of ketones is 1. The number of Topliss-reactive ketones (excluding diaryl/α,β-unsaturated/α-hetero) is 1. The molecule has 2 atom stereocenters. The molecule has 15 heavy (non-hydrogen) atoms. The van der Waals surface area contributed by atoms with Crippen LogP contribution in [0, 0.1) is 0 Å². The molecule has 0 radical (unpaired) electrons. The molecule has 0 spiro atoms. The zero-order chi connectivity index (χ0) is 11.8. The van der Waals surface area contributed by atoms with Crippen molar-refractivity contribution in [3.8, 4) is 0 Å². The van der Waals surface area contributed by atoms with Crippen LogP contribution in [0.25, 0.3) is 0 Å². The summed E-state index contributed by atoms with van der Waals surface area (Å²) in [5.41, 5.74) is 0. The van der Waals surface area contributed by atoms with Gasteiger partial charge in [0.25, 0.3) is 0 Å². The van der Waals surface area contributed by atoms with Crippen LogP contribution in [0.4, 0.5) is 0 Å². The van der Waals surface area contributed by atoms with Gasteiger partial charge >= 0.3 is 5.97 Å². The fourth-order valence-corrected chi connectivity index (χ4v) is 1.99. The van der Waals surface area contributed by atoms with Crippen LogP contribution in [0.5, 0.6) is 0 Å². The van der Waals surface area contributed by atoms with Crippen molar-refractivity contribution in [1.29, 1.82) is 0 Å². The number of ether oxygens (including phenoxy) is 1. The van der Waals surface area contributed by atoms with Crippen LogP contribution < -0.4 is 0 Å². The monoisotopic (exact) mass is 234 g/mol. The Morgan fingerprint density at radius 3 is 2.40 bits per heavy atom. The summed E-state index contributed by atoms with van der Waals surface area (Å²) in [6.07, 6.45) is 0.495. The molecule has 0 aromatic rings. The number of hydrogen-bond acceptors (Lipinski definition) is 4. The summed E-state index contributed by atoms with van der Waals surface area (Å²) in [7, 11) is -1.17. The number of carbonyl (C=O) groups excluding carboxylic acids is 2. The van der Waals surface area contributed by atoms with Crippen LogP contribution in [-0.4, -0.2) is 33.6 Å². The summed E-state index contributed by atoms with van der Waals surface area (Å²) < 4.78 is 16.1. The largest absolute Gasteiger partial charge is 0.466 e. The number of hydrogen-bond donors (Lipinski definition) is 0. The van der Waals surface area contributed by atoms with E-state index in [-0.39, 0.29) is 29.8 Å². The first-order chi connectivity index (χ1) is 7.01. The van der Waals surface area contributed by atoms with Gasteiger partial charge in [-0.2, -0.15) is 0 Å². The van der Waals surface area contributed by atoms with Gasteiger partial charge < -0.3 is 4.74 Å². The molecule has 88 valence electrons. The lowest BCUT2D eigenvalue weighted by Gasteiger charge is -2.07. The Kier molecular flexibility index (Phi) is 7.21. The van der Waals surface area contributed by atoms with E-state index in [4.69, 9.17) is 0 Å². The Labute approximate surface area is 92.8 Å². The van der Waals surface area contributed by atoms with Gasteiger partial charge in [-0.3, -0.25) is 13.8 Å². The normalized spacial score (nSPS) is 14.3. The third-order valence-electron chi connectivity index (χ3n) is 1.97. The predicted octanol–water partition coefficient (Wildman–Crippen LogP) is 1.06. The quantitative estimate of drug-likeness (QED) is 0.488. The van der Waals surface area contributed by atoms with Gasteiger partial charge in [-0.1, -0.05) is 13.8 Å². The number of rotatable bonds is 7. The van der Waals surface area contributed by atoms with E-state index in [1.165, 1.54) is 0 Å².